The van der Waals surface area contributed by atoms with Gasteiger partial charge >= 0.3 is 0 Å². The highest BCUT2D eigenvalue weighted by atomic mass is 16.2. The van der Waals surface area contributed by atoms with E-state index < -0.39 is 0 Å². The van der Waals surface area contributed by atoms with Crippen molar-refractivity contribution in [3.8, 4) is 11.3 Å². The largest absolute Gasteiger partial charge is 0.340 e. The van der Waals surface area contributed by atoms with Crippen molar-refractivity contribution in [3.63, 3.8) is 0 Å². The SMILES string of the molecule is Cn1c(C(=O)N2CCCCC2CCn2cccn2)ccc1-c1ccccc1. The van der Waals surface area contributed by atoms with Crippen LogP contribution in [0.5, 0.6) is 0 Å². The Morgan fingerprint density at radius 3 is 2.74 bits per heavy atom. The molecule has 3 heterocycles. The van der Waals surface area contributed by atoms with Crippen LogP contribution in [0.3, 0.4) is 0 Å². The molecule has 27 heavy (non-hydrogen) atoms. The molecule has 1 aliphatic heterocycles. The first kappa shape index (κ1) is 17.6. The summed E-state index contributed by atoms with van der Waals surface area (Å²) in [5.41, 5.74) is 2.97. The van der Waals surface area contributed by atoms with Crippen LogP contribution < -0.4 is 0 Å². The summed E-state index contributed by atoms with van der Waals surface area (Å²) in [5, 5.41) is 4.29. The number of aryl methyl sites for hydroxylation is 1. The second kappa shape index (κ2) is 7.82. The average Bonchev–Trinajstić information content (AvgIpc) is 3.36. The smallest absolute Gasteiger partial charge is 0.270 e. The minimum atomic E-state index is 0.143. The van der Waals surface area contributed by atoms with Gasteiger partial charge in [0, 0.05) is 44.3 Å². The number of nitrogens with zero attached hydrogens (tertiary/aromatic N) is 4. The molecule has 5 heteroatoms. The monoisotopic (exact) mass is 362 g/mol. The Morgan fingerprint density at radius 1 is 1.11 bits per heavy atom. The van der Waals surface area contributed by atoms with Gasteiger partial charge in [-0.15, -0.1) is 0 Å². The second-order valence-corrected chi connectivity index (χ2v) is 7.23. The number of rotatable bonds is 5. The Hall–Kier alpha value is -2.82. The van der Waals surface area contributed by atoms with Crippen LogP contribution in [-0.2, 0) is 13.6 Å². The van der Waals surface area contributed by atoms with E-state index in [0.29, 0.717) is 0 Å². The maximum absolute atomic E-state index is 13.3. The number of hydrogen-bond acceptors (Lipinski definition) is 2. The number of aromatic nitrogens is 3. The Bertz CT molecular complexity index is 882. The van der Waals surface area contributed by atoms with Crippen molar-refractivity contribution in [1.82, 2.24) is 19.2 Å². The lowest BCUT2D eigenvalue weighted by Gasteiger charge is -2.36. The standard InChI is InChI=1S/C22H26N4O/c1-24-20(18-8-3-2-4-9-18)11-12-21(24)22(27)26-16-6-5-10-19(26)13-17-25-15-7-14-23-25/h2-4,7-9,11-12,14-15,19H,5-6,10,13,16-17H2,1H3. The number of carbonyl (C=O) groups is 1. The van der Waals surface area contributed by atoms with E-state index >= 15 is 0 Å². The molecule has 4 rings (SSSR count). The molecule has 1 aromatic carbocycles. The lowest BCUT2D eigenvalue weighted by atomic mass is 9.99. The molecule has 1 amide bonds. The summed E-state index contributed by atoms with van der Waals surface area (Å²) in [6.45, 7) is 1.69. The first-order valence-corrected chi connectivity index (χ1v) is 9.73. The van der Waals surface area contributed by atoms with Crippen molar-refractivity contribution in [2.45, 2.75) is 38.3 Å². The quantitative estimate of drug-likeness (QED) is 0.689. The summed E-state index contributed by atoms with van der Waals surface area (Å²) in [6.07, 6.45) is 8.08. The zero-order valence-electron chi connectivity index (χ0n) is 15.8. The zero-order valence-corrected chi connectivity index (χ0v) is 15.8. The molecule has 2 aromatic heterocycles. The van der Waals surface area contributed by atoms with Crippen LogP contribution in [0.25, 0.3) is 11.3 Å². The van der Waals surface area contributed by atoms with Gasteiger partial charge < -0.3 is 9.47 Å². The summed E-state index contributed by atoms with van der Waals surface area (Å²) in [5.74, 6) is 0.143. The number of piperidine rings is 1. The van der Waals surface area contributed by atoms with Gasteiger partial charge in [-0.1, -0.05) is 30.3 Å². The van der Waals surface area contributed by atoms with Gasteiger partial charge in [0.1, 0.15) is 5.69 Å². The van der Waals surface area contributed by atoms with E-state index in [2.05, 4.69) is 22.1 Å². The van der Waals surface area contributed by atoms with Crippen LogP contribution in [0.15, 0.2) is 60.9 Å². The molecule has 0 aliphatic carbocycles. The van der Waals surface area contributed by atoms with Gasteiger partial charge in [0.05, 0.1) is 0 Å². The van der Waals surface area contributed by atoms with Crippen LogP contribution in [0.2, 0.25) is 0 Å². The van der Waals surface area contributed by atoms with Crippen LogP contribution >= 0.6 is 0 Å². The molecule has 1 fully saturated rings. The Labute approximate surface area is 160 Å². The molecule has 3 aromatic rings. The number of likely N-dealkylation sites (tertiary alicyclic amines) is 1. The summed E-state index contributed by atoms with van der Waals surface area (Å²) in [6, 6.07) is 16.5. The Balaban J connectivity index is 1.52. The molecule has 5 nitrogen and oxygen atoms in total. The van der Waals surface area contributed by atoms with Crippen LogP contribution in [0.4, 0.5) is 0 Å². The molecule has 1 saturated heterocycles. The summed E-state index contributed by atoms with van der Waals surface area (Å²) >= 11 is 0. The number of amides is 1. The van der Waals surface area contributed by atoms with E-state index in [9.17, 15) is 4.79 Å². The molecule has 0 radical (unpaired) electrons. The lowest BCUT2D eigenvalue weighted by molar-refractivity contribution is 0.0584. The van der Waals surface area contributed by atoms with Crippen molar-refractivity contribution >= 4 is 5.91 Å². The van der Waals surface area contributed by atoms with Crippen LogP contribution in [0.1, 0.15) is 36.2 Å². The molecule has 1 aliphatic rings. The highest BCUT2D eigenvalue weighted by Crippen LogP contribution is 2.26. The number of benzene rings is 1. The van der Waals surface area contributed by atoms with Gasteiger partial charge in [-0.2, -0.15) is 5.10 Å². The van der Waals surface area contributed by atoms with Crippen molar-refractivity contribution in [2.75, 3.05) is 6.54 Å². The van der Waals surface area contributed by atoms with Crippen molar-refractivity contribution in [2.24, 2.45) is 7.05 Å². The molecule has 1 unspecified atom stereocenters. The first-order valence-electron chi connectivity index (χ1n) is 9.73. The fourth-order valence-corrected chi connectivity index (χ4v) is 4.05. The lowest BCUT2D eigenvalue weighted by Crippen LogP contribution is -2.44. The highest BCUT2D eigenvalue weighted by Gasteiger charge is 2.29. The normalized spacial score (nSPS) is 17.2. The van der Waals surface area contributed by atoms with Crippen molar-refractivity contribution in [1.29, 1.82) is 0 Å². The predicted octanol–water partition coefficient (Wildman–Crippen LogP) is 3.97. The molecule has 0 bridgehead atoms. The van der Waals surface area contributed by atoms with Gasteiger partial charge in [-0.3, -0.25) is 9.48 Å². The van der Waals surface area contributed by atoms with Gasteiger partial charge in [-0.05, 0) is 49.4 Å². The Kier molecular flexibility index (Phi) is 5.10. The molecule has 140 valence electrons. The van der Waals surface area contributed by atoms with E-state index in [1.54, 1.807) is 6.20 Å². The third-order valence-electron chi connectivity index (χ3n) is 5.55. The predicted molar refractivity (Wildman–Crippen MR) is 106 cm³/mol. The highest BCUT2D eigenvalue weighted by molar-refractivity contribution is 5.94. The van der Waals surface area contributed by atoms with E-state index in [4.69, 9.17) is 0 Å². The third kappa shape index (κ3) is 3.68. The topological polar surface area (TPSA) is 43.1 Å². The fraction of sp³-hybridized carbons (Fsp3) is 0.364. The van der Waals surface area contributed by atoms with Gasteiger partial charge in [0.15, 0.2) is 0 Å². The van der Waals surface area contributed by atoms with E-state index in [1.165, 1.54) is 6.42 Å². The third-order valence-corrected chi connectivity index (χ3v) is 5.55. The minimum Gasteiger partial charge on any atom is -0.340 e. The van der Waals surface area contributed by atoms with Crippen LogP contribution in [0, 0.1) is 0 Å². The summed E-state index contributed by atoms with van der Waals surface area (Å²) in [4.78, 5) is 15.4. The average molecular weight is 362 g/mol. The maximum Gasteiger partial charge on any atom is 0.270 e. The minimum absolute atomic E-state index is 0.143. The van der Waals surface area contributed by atoms with E-state index in [1.807, 2.05) is 58.9 Å². The Morgan fingerprint density at radius 2 is 1.96 bits per heavy atom. The number of hydrogen-bond donors (Lipinski definition) is 0. The molecule has 1 atom stereocenters. The summed E-state index contributed by atoms with van der Waals surface area (Å²) in [7, 11) is 1.98. The van der Waals surface area contributed by atoms with Crippen LogP contribution in [-0.4, -0.2) is 37.7 Å². The van der Waals surface area contributed by atoms with Gasteiger partial charge in [0.2, 0.25) is 0 Å². The molecule has 0 saturated carbocycles. The fourth-order valence-electron chi connectivity index (χ4n) is 4.05. The molecular weight excluding hydrogens is 336 g/mol. The van der Waals surface area contributed by atoms with Gasteiger partial charge in [0.25, 0.3) is 5.91 Å². The first-order chi connectivity index (χ1) is 13.2. The van der Waals surface area contributed by atoms with E-state index in [-0.39, 0.29) is 11.9 Å². The summed E-state index contributed by atoms with van der Waals surface area (Å²) < 4.78 is 3.98. The number of carbonyl (C=O) groups excluding carboxylic acids is 1. The van der Waals surface area contributed by atoms with Crippen molar-refractivity contribution in [3.05, 3.63) is 66.6 Å². The van der Waals surface area contributed by atoms with E-state index in [0.717, 1.165) is 49.3 Å². The zero-order chi connectivity index (χ0) is 18.6. The molecule has 0 spiro atoms. The molecule has 0 N–H and O–H groups in total. The van der Waals surface area contributed by atoms with Gasteiger partial charge in [-0.25, -0.2) is 0 Å². The molecular formula is C22H26N4O. The second-order valence-electron chi connectivity index (χ2n) is 7.23. The van der Waals surface area contributed by atoms with Crippen molar-refractivity contribution < 1.29 is 4.79 Å². The maximum atomic E-state index is 13.3.